The van der Waals surface area contributed by atoms with Crippen LogP contribution in [-0.2, 0) is 39.0 Å². The summed E-state index contributed by atoms with van der Waals surface area (Å²) in [6.07, 6.45) is 10.7. The fourth-order valence-electron chi connectivity index (χ4n) is 4.57. The van der Waals surface area contributed by atoms with Crippen LogP contribution in [0.25, 0.3) is 0 Å². The summed E-state index contributed by atoms with van der Waals surface area (Å²) in [7, 11) is 0. The van der Waals surface area contributed by atoms with Crippen LogP contribution in [0.2, 0.25) is 0 Å². The number of aromatic nitrogens is 4. The first kappa shape index (κ1) is 21.5. The van der Waals surface area contributed by atoms with Crippen molar-refractivity contribution in [2.24, 2.45) is 0 Å². The van der Waals surface area contributed by atoms with Crippen LogP contribution in [0.15, 0.2) is 79.4 Å². The lowest BCUT2D eigenvalue weighted by Gasteiger charge is -2.34. The van der Waals surface area contributed by atoms with Gasteiger partial charge in [-0.1, -0.05) is 36.4 Å². The standard InChI is InChI=1S/C27H30N6/c1-2-12-29-24(5-1)18-28-17-21-6-8-22(9-7-21)19-33(20-27-31-14-15-32-27)25-11-10-23-4-3-13-30-26(23)16-25/h1-9,12-15,25,28H,10-11,16-20H2,(H,31,32). The van der Waals surface area contributed by atoms with Crippen molar-refractivity contribution in [2.75, 3.05) is 0 Å². The van der Waals surface area contributed by atoms with E-state index in [4.69, 9.17) is 0 Å². The molecule has 1 aliphatic carbocycles. The second-order valence-electron chi connectivity index (χ2n) is 8.69. The fourth-order valence-corrected chi connectivity index (χ4v) is 4.57. The molecule has 4 aromatic rings. The van der Waals surface area contributed by atoms with Gasteiger partial charge in [-0.05, 0) is 47.7 Å². The molecular weight excluding hydrogens is 408 g/mol. The summed E-state index contributed by atoms with van der Waals surface area (Å²) in [4.78, 5) is 19.3. The average Bonchev–Trinajstić information content (AvgIpc) is 3.38. The Bertz CT molecular complexity index is 1130. The van der Waals surface area contributed by atoms with Gasteiger partial charge in [-0.2, -0.15) is 0 Å². The van der Waals surface area contributed by atoms with Crippen molar-refractivity contribution in [1.29, 1.82) is 0 Å². The molecule has 2 N–H and O–H groups in total. The highest BCUT2D eigenvalue weighted by atomic mass is 15.2. The number of hydrogen-bond acceptors (Lipinski definition) is 5. The van der Waals surface area contributed by atoms with Gasteiger partial charge in [0, 0.05) is 62.6 Å². The van der Waals surface area contributed by atoms with E-state index in [0.29, 0.717) is 6.04 Å². The second kappa shape index (κ2) is 10.5. The maximum absolute atomic E-state index is 4.66. The summed E-state index contributed by atoms with van der Waals surface area (Å²) < 4.78 is 0. The second-order valence-corrected chi connectivity index (χ2v) is 8.69. The molecule has 1 aromatic carbocycles. The number of nitrogens with zero attached hydrogens (tertiary/aromatic N) is 4. The number of H-pyrrole nitrogens is 1. The zero-order valence-corrected chi connectivity index (χ0v) is 18.8. The largest absolute Gasteiger partial charge is 0.348 e. The summed E-state index contributed by atoms with van der Waals surface area (Å²) in [5.41, 5.74) is 6.30. The lowest BCUT2D eigenvalue weighted by atomic mass is 9.90. The van der Waals surface area contributed by atoms with E-state index in [-0.39, 0.29) is 0 Å². The van der Waals surface area contributed by atoms with Gasteiger partial charge in [0.15, 0.2) is 0 Å². The molecule has 1 unspecified atom stereocenters. The Morgan fingerprint density at radius 1 is 0.848 bits per heavy atom. The molecule has 0 aliphatic heterocycles. The van der Waals surface area contributed by atoms with Crippen molar-refractivity contribution >= 4 is 0 Å². The Balaban J connectivity index is 1.23. The summed E-state index contributed by atoms with van der Waals surface area (Å²) >= 11 is 0. The quantitative estimate of drug-likeness (QED) is 0.413. The molecule has 6 nitrogen and oxygen atoms in total. The number of imidazole rings is 1. The minimum Gasteiger partial charge on any atom is -0.348 e. The summed E-state index contributed by atoms with van der Waals surface area (Å²) in [5.74, 6) is 1.01. The highest BCUT2D eigenvalue weighted by Gasteiger charge is 2.25. The maximum Gasteiger partial charge on any atom is 0.120 e. The number of aromatic amines is 1. The van der Waals surface area contributed by atoms with E-state index in [1.54, 1.807) is 0 Å². The molecule has 1 aliphatic rings. The lowest BCUT2D eigenvalue weighted by Crippen LogP contribution is -2.39. The van der Waals surface area contributed by atoms with Crippen molar-refractivity contribution in [1.82, 2.24) is 30.2 Å². The van der Waals surface area contributed by atoms with Gasteiger partial charge in [0.05, 0.1) is 12.2 Å². The van der Waals surface area contributed by atoms with Crippen molar-refractivity contribution in [3.63, 3.8) is 0 Å². The monoisotopic (exact) mass is 438 g/mol. The highest BCUT2D eigenvalue weighted by molar-refractivity contribution is 5.25. The number of hydrogen-bond donors (Lipinski definition) is 2. The van der Waals surface area contributed by atoms with Crippen LogP contribution >= 0.6 is 0 Å². The Hall–Kier alpha value is -3.35. The molecule has 3 aromatic heterocycles. The molecule has 0 amide bonds. The zero-order valence-electron chi connectivity index (χ0n) is 18.8. The molecule has 0 bridgehead atoms. The van der Waals surface area contributed by atoms with Crippen LogP contribution in [0.4, 0.5) is 0 Å². The third-order valence-electron chi connectivity index (χ3n) is 6.35. The molecule has 0 radical (unpaired) electrons. The van der Waals surface area contributed by atoms with Crippen LogP contribution in [-0.4, -0.2) is 30.9 Å². The molecule has 168 valence electrons. The summed E-state index contributed by atoms with van der Waals surface area (Å²) in [6.45, 7) is 3.32. The van der Waals surface area contributed by atoms with Gasteiger partial charge < -0.3 is 10.3 Å². The van der Waals surface area contributed by atoms with E-state index < -0.39 is 0 Å². The number of pyridine rings is 2. The van der Waals surface area contributed by atoms with Gasteiger partial charge in [-0.3, -0.25) is 14.9 Å². The molecule has 1 atom stereocenters. The smallest absolute Gasteiger partial charge is 0.120 e. The van der Waals surface area contributed by atoms with Crippen LogP contribution in [0.5, 0.6) is 0 Å². The molecule has 33 heavy (non-hydrogen) atoms. The predicted octanol–water partition coefficient (Wildman–Crippen LogP) is 4.05. The fraction of sp³-hybridized carbons (Fsp3) is 0.296. The van der Waals surface area contributed by atoms with E-state index in [1.165, 1.54) is 22.4 Å². The van der Waals surface area contributed by atoms with Crippen LogP contribution in [0.1, 0.15) is 40.3 Å². The molecule has 0 saturated heterocycles. The molecule has 5 rings (SSSR count). The van der Waals surface area contributed by atoms with Gasteiger partial charge in [-0.15, -0.1) is 0 Å². The normalized spacial score (nSPS) is 15.5. The van der Waals surface area contributed by atoms with E-state index in [0.717, 1.165) is 57.0 Å². The topological polar surface area (TPSA) is 69.7 Å². The Morgan fingerprint density at radius 2 is 1.73 bits per heavy atom. The number of fused-ring (bicyclic) bond motifs is 1. The van der Waals surface area contributed by atoms with Crippen LogP contribution < -0.4 is 5.32 Å². The Labute approximate surface area is 195 Å². The van der Waals surface area contributed by atoms with E-state index >= 15 is 0 Å². The van der Waals surface area contributed by atoms with Crippen molar-refractivity contribution in [3.8, 4) is 0 Å². The van der Waals surface area contributed by atoms with Crippen molar-refractivity contribution in [2.45, 2.75) is 51.5 Å². The van der Waals surface area contributed by atoms with Crippen molar-refractivity contribution in [3.05, 3.63) is 113 Å². The maximum atomic E-state index is 4.66. The van der Waals surface area contributed by atoms with Gasteiger partial charge in [0.1, 0.15) is 5.82 Å². The average molecular weight is 439 g/mol. The molecular formula is C27H30N6. The van der Waals surface area contributed by atoms with Gasteiger partial charge in [-0.25, -0.2) is 4.98 Å². The Kier molecular flexibility index (Phi) is 6.85. The number of nitrogens with one attached hydrogen (secondary N) is 2. The third-order valence-corrected chi connectivity index (χ3v) is 6.35. The highest BCUT2D eigenvalue weighted by Crippen LogP contribution is 2.25. The summed E-state index contributed by atoms with van der Waals surface area (Å²) in [6, 6.07) is 19.7. The number of aryl methyl sites for hydroxylation is 1. The number of rotatable bonds is 9. The minimum atomic E-state index is 0.456. The molecule has 0 fully saturated rings. The van der Waals surface area contributed by atoms with Gasteiger partial charge in [0.2, 0.25) is 0 Å². The summed E-state index contributed by atoms with van der Waals surface area (Å²) in [5, 5.41) is 3.48. The predicted molar refractivity (Wildman–Crippen MR) is 129 cm³/mol. The SMILES string of the molecule is c1ccc(CNCc2ccc(CN(Cc3ncc[nH]3)C3CCc4cccnc4C3)cc2)nc1. The first-order valence-corrected chi connectivity index (χ1v) is 11.7. The Morgan fingerprint density at radius 3 is 2.55 bits per heavy atom. The lowest BCUT2D eigenvalue weighted by molar-refractivity contribution is 0.157. The first-order valence-electron chi connectivity index (χ1n) is 11.7. The molecule has 3 heterocycles. The molecule has 6 heteroatoms. The van der Waals surface area contributed by atoms with Gasteiger partial charge >= 0.3 is 0 Å². The van der Waals surface area contributed by atoms with Crippen LogP contribution in [0.3, 0.4) is 0 Å². The first-order chi connectivity index (χ1) is 16.3. The van der Waals surface area contributed by atoms with E-state index in [2.05, 4.69) is 60.5 Å². The zero-order chi connectivity index (χ0) is 22.3. The third kappa shape index (κ3) is 5.72. The molecule has 0 saturated carbocycles. The van der Waals surface area contributed by atoms with Gasteiger partial charge in [0.25, 0.3) is 0 Å². The minimum absolute atomic E-state index is 0.456. The van der Waals surface area contributed by atoms with Crippen LogP contribution in [0, 0.1) is 0 Å². The van der Waals surface area contributed by atoms with E-state index in [9.17, 15) is 0 Å². The molecule has 0 spiro atoms. The number of benzene rings is 1. The van der Waals surface area contributed by atoms with E-state index in [1.807, 2.05) is 49.1 Å². The van der Waals surface area contributed by atoms with Crippen molar-refractivity contribution < 1.29 is 0 Å².